The standard InChI is InChI=1S/C27H27ClN4O6/c1-3-13-37-22-10-8-20(9-11-22)31-26(34)27(35)32-29-16-18-7-12-23(24(14-18)36-2)38-17-25(33)30-21-6-4-5-19(28)15-21/h4-12,14-16H,3,13,17H2,1-2H3,(H,30,33)(H,31,34)(H,32,35)/b29-16-. The van der Waals surface area contributed by atoms with Crippen LogP contribution in [-0.4, -0.2) is 44.3 Å². The maximum Gasteiger partial charge on any atom is 0.329 e. The highest BCUT2D eigenvalue weighted by Gasteiger charge is 2.13. The lowest BCUT2D eigenvalue weighted by Crippen LogP contribution is -2.32. The van der Waals surface area contributed by atoms with Crippen LogP contribution in [0, 0.1) is 0 Å². The summed E-state index contributed by atoms with van der Waals surface area (Å²) in [7, 11) is 1.45. The van der Waals surface area contributed by atoms with Crippen molar-refractivity contribution in [3.05, 3.63) is 77.3 Å². The Morgan fingerprint density at radius 2 is 1.68 bits per heavy atom. The van der Waals surface area contributed by atoms with Crippen LogP contribution in [0.25, 0.3) is 0 Å². The third-order valence-electron chi connectivity index (χ3n) is 4.83. The molecule has 0 aliphatic carbocycles. The van der Waals surface area contributed by atoms with E-state index >= 15 is 0 Å². The average Bonchev–Trinajstić information content (AvgIpc) is 2.91. The van der Waals surface area contributed by atoms with Crippen LogP contribution in [-0.2, 0) is 14.4 Å². The highest BCUT2D eigenvalue weighted by molar-refractivity contribution is 6.39. The van der Waals surface area contributed by atoms with E-state index in [-0.39, 0.29) is 12.5 Å². The molecule has 10 nitrogen and oxygen atoms in total. The Morgan fingerprint density at radius 3 is 2.39 bits per heavy atom. The minimum Gasteiger partial charge on any atom is -0.494 e. The first kappa shape index (κ1) is 28.0. The maximum absolute atomic E-state index is 12.2. The number of hydrogen-bond donors (Lipinski definition) is 3. The fourth-order valence-electron chi connectivity index (χ4n) is 3.05. The molecule has 198 valence electrons. The van der Waals surface area contributed by atoms with E-state index in [1.807, 2.05) is 6.92 Å². The Labute approximate surface area is 224 Å². The summed E-state index contributed by atoms with van der Waals surface area (Å²) in [5.74, 6) is -0.833. The van der Waals surface area contributed by atoms with Crippen LogP contribution in [0.15, 0.2) is 71.8 Å². The van der Waals surface area contributed by atoms with Crippen LogP contribution in [0.2, 0.25) is 5.02 Å². The number of carbonyl (C=O) groups is 3. The highest BCUT2D eigenvalue weighted by Crippen LogP contribution is 2.27. The van der Waals surface area contributed by atoms with Gasteiger partial charge in [0.25, 0.3) is 5.91 Å². The Morgan fingerprint density at radius 1 is 0.895 bits per heavy atom. The predicted molar refractivity (Wildman–Crippen MR) is 145 cm³/mol. The molecule has 3 amide bonds. The monoisotopic (exact) mass is 538 g/mol. The molecule has 0 spiro atoms. The number of nitrogens with one attached hydrogen (secondary N) is 3. The van der Waals surface area contributed by atoms with Gasteiger partial charge in [0.2, 0.25) is 0 Å². The van der Waals surface area contributed by atoms with E-state index in [1.165, 1.54) is 13.3 Å². The number of anilines is 2. The summed E-state index contributed by atoms with van der Waals surface area (Å²) >= 11 is 5.92. The molecular weight excluding hydrogens is 512 g/mol. The van der Waals surface area contributed by atoms with Gasteiger partial charge in [0.05, 0.1) is 19.9 Å². The fourth-order valence-corrected chi connectivity index (χ4v) is 3.24. The molecule has 0 aromatic heterocycles. The van der Waals surface area contributed by atoms with Crippen molar-refractivity contribution >= 4 is 46.9 Å². The maximum atomic E-state index is 12.2. The Kier molecular flexibility index (Phi) is 10.5. The first-order valence-corrected chi connectivity index (χ1v) is 12.0. The van der Waals surface area contributed by atoms with Crippen molar-refractivity contribution in [2.45, 2.75) is 13.3 Å². The molecule has 3 N–H and O–H groups in total. The zero-order chi connectivity index (χ0) is 27.3. The topological polar surface area (TPSA) is 127 Å². The number of nitrogens with zero attached hydrogens (tertiary/aromatic N) is 1. The van der Waals surface area contributed by atoms with Crippen molar-refractivity contribution in [2.24, 2.45) is 5.10 Å². The van der Waals surface area contributed by atoms with Crippen molar-refractivity contribution in [1.29, 1.82) is 0 Å². The molecule has 3 aromatic carbocycles. The summed E-state index contributed by atoms with van der Waals surface area (Å²) in [4.78, 5) is 36.4. The van der Waals surface area contributed by atoms with Gasteiger partial charge in [-0.2, -0.15) is 5.10 Å². The number of rotatable bonds is 11. The van der Waals surface area contributed by atoms with Crippen molar-refractivity contribution in [1.82, 2.24) is 5.43 Å². The quantitative estimate of drug-likeness (QED) is 0.190. The third kappa shape index (κ3) is 8.82. The molecular formula is C27H27ClN4O6. The number of ether oxygens (including phenoxy) is 3. The van der Waals surface area contributed by atoms with Crippen LogP contribution in [0.3, 0.4) is 0 Å². The molecule has 38 heavy (non-hydrogen) atoms. The van der Waals surface area contributed by atoms with E-state index in [0.717, 1.165) is 6.42 Å². The SMILES string of the molecule is CCCOc1ccc(NC(=O)C(=O)N/N=C\c2ccc(OCC(=O)Nc3cccc(Cl)c3)c(OC)c2)cc1. The van der Waals surface area contributed by atoms with E-state index in [0.29, 0.717) is 45.8 Å². The van der Waals surface area contributed by atoms with Crippen LogP contribution in [0.5, 0.6) is 17.2 Å². The van der Waals surface area contributed by atoms with E-state index in [9.17, 15) is 14.4 Å². The summed E-state index contributed by atoms with van der Waals surface area (Å²) < 4.78 is 16.4. The molecule has 3 rings (SSSR count). The predicted octanol–water partition coefficient (Wildman–Crippen LogP) is 4.24. The van der Waals surface area contributed by atoms with E-state index in [1.54, 1.807) is 66.7 Å². The molecule has 0 saturated heterocycles. The summed E-state index contributed by atoms with van der Waals surface area (Å²) in [5.41, 5.74) is 3.72. The van der Waals surface area contributed by atoms with Gasteiger partial charge >= 0.3 is 11.8 Å². The normalized spacial score (nSPS) is 10.5. The second-order valence-electron chi connectivity index (χ2n) is 7.78. The molecule has 0 unspecified atom stereocenters. The van der Waals surface area contributed by atoms with Gasteiger partial charge in [-0.05, 0) is 72.6 Å². The average molecular weight is 539 g/mol. The van der Waals surface area contributed by atoms with Gasteiger partial charge in [-0.15, -0.1) is 0 Å². The van der Waals surface area contributed by atoms with Gasteiger partial charge in [0.1, 0.15) is 5.75 Å². The number of halogens is 1. The number of hydrogen-bond acceptors (Lipinski definition) is 7. The first-order chi connectivity index (χ1) is 18.4. The molecule has 0 heterocycles. The lowest BCUT2D eigenvalue weighted by Gasteiger charge is -2.11. The van der Waals surface area contributed by atoms with Crippen molar-refractivity contribution < 1.29 is 28.6 Å². The summed E-state index contributed by atoms with van der Waals surface area (Å²) in [6.45, 7) is 2.34. The molecule has 0 atom stereocenters. The first-order valence-electron chi connectivity index (χ1n) is 11.6. The summed E-state index contributed by atoms with van der Waals surface area (Å²) in [6.07, 6.45) is 2.22. The van der Waals surface area contributed by atoms with E-state index < -0.39 is 11.8 Å². The van der Waals surface area contributed by atoms with E-state index in [2.05, 4.69) is 21.2 Å². The molecule has 11 heteroatoms. The molecule has 0 aliphatic heterocycles. The molecule has 0 fully saturated rings. The molecule has 3 aromatic rings. The van der Waals surface area contributed by atoms with Crippen LogP contribution < -0.4 is 30.3 Å². The lowest BCUT2D eigenvalue weighted by atomic mass is 10.2. The minimum absolute atomic E-state index is 0.254. The Bertz CT molecular complexity index is 1300. The van der Waals surface area contributed by atoms with Gasteiger partial charge in [0, 0.05) is 16.4 Å². The third-order valence-corrected chi connectivity index (χ3v) is 5.06. The van der Waals surface area contributed by atoms with Crippen LogP contribution in [0.4, 0.5) is 11.4 Å². The number of hydrazone groups is 1. The minimum atomic E-state index is -0.940. The molecule has 0 saturated carbocycles. The number of carbonyl (C=O) groups excluding carboxylic acids is 3. The number of benzene rings is 3. The second kappa shape index (κ2) is 14.2. The summed E-state index contributed by atoms with van der Waals surface area (Å²) in [5, 5.41) is 9.48. The van der Waals surface area contributed by atoms with Gasteiger partial charge < -0.3 is 24.8 Å². The highest BCUT2D eigenvalue weighted by atomic mass is 35.5. The molecule has 0 radical (unpaired) electrons. The van der Waals surface area contributed by atoms with Crippen molar-refractivity contribution in [2.75, 3.05) is 31.0 Å². The second-order valence-corrected chi connectivity index (χ2v) is 8.22. The Balaban J connectivity index is 1.49. The molecule has 0 bridgehead atoms. The van der Waals surface area contributed by atoms with Crippen molar-refractivity contribution in [3.63, 3.8) is 0 Å². The van der Waals surface area contributed by atoms with Gasteiger partial charge in [-0.1, -0.05) is 24.6 Å². The zero-order valence-electron chi connectivity index (χ0n) is 20.8. The fraction of sp³-hybridized carbons (Fsp3) is 0.185. The van der Waals surface area contributed by atoms with Crippen molar-refractivity contribution in [3.8, 4) is 17.2 Å². The van der Waals surface area contributed by atoms with E-state index in [4.69, 9.17) is 25.8 Å². The smallest absolute Gasteiger partial charge is 0.329 e. The van der Waals surface area contributed by atoms with Gasteiger partial charge in [-0.25, -0.2) is 5.43 Å². The molecule has 0 aliphatic rings. The largest absolute Gasteiger partial charge is 0.494 e. The number of amides is 3. The Hall–Kier alpha value is -4.57. The zero-order valence-corrected chi connectivity index (χ0v) is 21.6. The number of methoxy groups -OCH3 is 1. The van der Waals surface area contributed by atoms with Gasteiger partial charge in [-0.3, -0.25) is 14.4 Å². The van der Waals surface area contributed by atoms with Crippen LogP contribution >= 0.6 is 11.6 Å². The lowest BCUT2D eigenvalue weighted by molar-refractivity contribution is -0.136. The summed E-state index contributed by atoms with van der Waals surface area (Å²) in [6, 6.07) is 18.3. The van der Waals surface area contributed by atoms with Crippen LogP contribution in [0.1, 0.15) is 18.9 Å². The van der Waals surface area contributed by atoms with Gasteiger partial charge in [0.15, 0.2) is 18.1 Å².